The molecule has 4 heteroatoms. The highest BCUT2D eigenvalue weighted by atomic mass is 35.5. The van der Waals surface area contributed by atoms with E-state index in [2.05, 4.69) is 5.16 Å². The molecular formula is C12H13ClN2O. The monoisotopic (exact) mass is 236 g/mol. The molecule has 0 atom stereocenters. The van der Waals surface area contributed by atoms with Crippen molar-refractivity contribution in [3.8, 4) is 11.3 Å². The lowest BCUT2D eigenvalue weighted by Gasteiger charge is -2.05. The van der Waals surface area contributed by atoms with Crippen molar-refractivity contribution < 1.29 is 4.52 Å². The van der Waals surface area contributed by atoms with Crippen molar-refractivity contribution in [3.05, 3.63) is 34.3 Å². The van der Waals surface area contributed by atoms with E-state index < -0.39 is 0 Å². The summed E-state index contributed by atoms with van der Waals surface area (Å²) in [7, 11) is 0. The third-order valence-electron chi connectivity index (χ3n) is 2.69. The lowest BCUT2D eigenvalue weighted by atomic mass is 10.0. The van der Waals surface area contributed by atoms with Crippen molar-refractivity contribution in [1.29, 1.82) is 0 Å². The summed E-state index contributed by atoms with van der Waals surface area (Å²) >= 11 is 6.08. The molecule has 2 aromatic rings. The van der Waals surface area contributed by atoms with Crippen LogP contribution >= 0.6 is 11.6 Å². The Morgan fingerprint density at radius 3 is 2.88 bits per heavy atom. The van der Waals surface area contributed by atoms with Gasteiger partial charge < -0.3 is 10.3 Å². The van der Waals surface area contributed by atoms with E-state index in [0.29, 0.717) is 5.88 Å². The topological polar surface area (TPSA) is 52.0 Å². The summed E-state index contributed by atoms with van der Waals surface area (Å²) in [5, 5.41) is 4.72. The highest BCUT2D eigenvalue weighted by Crippen LogP contribution is 2.32. The molecule has 0 fully saturated rings. The number of hydrogen-bond donors (Lipinski definition) is 1. The zero-order valence-corrected chi connectivity index (χ0v) is 10.0. The summed E-state index contributed by atoms with van der Waals surface area (Å²) in [5.41, 5.74) is 9.41. The van der Waals surface area contributed by atoms with Crippen LogP contribution in [0.2, 0.25) is 5.02 Å². The van der Waals surface area contributed by atoms with Crippen molar-refractivity contribution in [2.75, 3.05) is 5.73 Å². The number of nitrogen functional groups attached to an aromatic ring is 1. The van der Waals surface area contributed by atoms with E-state index in [-0.39, 0.29) is 0 Å². The average Bonchev–Trinajstić information content (AvgIpc) is 2.63. The van der Waals surface area contributed by atoms with E-state index in [1.807, 2.05) is 32.0 Å². The quantitative estimate of drug-likeness (QED) is 0.869. The van der Waals surface area contributed by atoms with Gasteiger partial charge in [0.1, 0.15) is 5.69 Å². The molecule has 16 heavy (non-hydrogen) atoms. The van der Waals surface area contributed by atoms with Gasteiger partial charge in [-0.2, -0.15) is 0 Å². The van der Waals surface area contributed by atoms with Gasteiger partial charge in [-0.1, -0.05) is 35.8 Å². The third kappa shape index (κ3) is 1.67. The van der Waals surface area contributed by atoms with Crippen LogP contribution in [-0.4, -0.2) is 5.16 Å². The maximum absolute atomic E-state index is 6.08. The molecule has 1 aromatic carbocycles. The molecule has 0 radical (unpaired) electrons. The molecule has 0 aliphatic carbocycles. The van der Waals surface area contributed by atoms with Crippen LogP contribution in [0.3, 0.4) is 0 Å². The minimum atomic E-state index is 0.386. The lowest BCUT2D eigenvalue weighted by molar-refractivity contribution is 0.438. The Bertz CT molecular complexity index is 520. The second kappa shape index (κ2) is 4.18. The smallest absolute Gasteiger partial charge is 0.225 e. The minimum Gasteiger partial charge on any atom is -0.367 e. The Balaban J connectivity index is 2.63. The van der Waals surface area contributed by atoms with Gasteiger partial charge >= 0.3 is 0 Å². The number of rotatable bonds is 2. The molecule has 2 rings (SSSR count). The van der Waals surface area contributed by atoms with Crippen LogP contribution < -0.4 is 5.73 Å². The maximum atomic E-state index is 6.08. The van der Waals surface area contributed by atoms with Crippen LogP contribution in [0.15, 0.2) is 22.7 Å². The highest BCUT2D eigenvalue weighted by molar-refractivity contribution is 6.31. The predicted molar refractivity (Wildman–Crippen MR) is 65.5 cm³/mol. The Kier molecular flexibility index (Phi) is 2.88. The number of nitrogens with two attached hydrogens (primary N) is 1. The molecule has 0 unspecified atom stereocenters. The number of aromatic nitrogens is 1. The van der Waals surface area contributed by atoms with Crippen LogP contribution in [0.5, 0.6) is 0 Å². The summed E-state index contributed by atoms with van der Waals surface area (Å²) in [6, 6.07) is 5.72. The molecule has 1 heterocycles. The summed E-state index contributed by atoms with van der Waals surface area (Å²) in [6.07, 6.45) is 0.788. The largest absolute Gasteiger partial charge is 0.367 e. The molecule has 0 aliphatic rings. The van der Waals surface area contributed by atoms with E-state index in [1.54, 1.807) is 0 Å². The first-order valence-electron chi connectivity index (χ1n) is 5.14. The summed E-state index contributed by atoms with van der Waals surface area (Å²) in [4.78, 5) is 0. The van der Waals surface area contributed by atoms with Crippen LogP contribution in [0.25, 0.3) is 11.3 Å². The Labute approximate surface area is 99.2 Å². The van der Waals surface area contributed by atoms with Gasteiger partial charge in [-0.3, -0.25) is 0 Å². The second-order valence-electron chi connectivity index (χ2n) is 3.64. The summed E-state index contributed by atoms with van der Waals surface area (Å²) in [6.45, 7) is 3.98. The standard InChI is InChI=1S/C12H13ClN2O/c1-3-8-11(15-16-12(8)14)9-5-4-6-10(13)7(9)2/h4-6H,3,14H2,1-2H3. The summed E-state index contributed by atoms with van der Waals surface area (Å²) in [5.74, 6) is 0.386. The van der Waals surface area contributed by atoms with Gasteiger partial charge in [0.15, 0.2) is 0 Å². The van der Waals surface area contributed by atoms with Gasteiger partial charge in [-0.25, -0.2) is 0 Å². The van der Waals surface area contributed by atoms with E-state index in [0.717, 1.165) is 33.8 Å². The van der Waals surface area contributed by atoms with Crippen molar-refractivity contribution in [3.63, 3.8) is 0 Å². The van der Waals surface area contributed by atoms with Crippen LogP contribution in [-0.2, 0) is 6.42 Å². The normalized spacial score (nSPS) is 10.7. The molecule has 0 amide bonds. The SMILES string of the molecule is CCc1c(-c2cccc(Cl)c2C)noc1N. The third-order valence-corrected chi connectivity index (χ3v) is 3.10. The van der Waals surface area contributed by atoms with Gasteiger partial charge in [-0.15, -0.1) is 0 Å². The first-order valence-corrected chi connectivity index (χ1v) is 5.52. The van der Waals surface area contributed by atoms with Crippen molar-refractivity contribution in [1.82, 2.24) is 5.16 Å². The van der Waals surface area contributed by atoms with Gasteiger partial charge in [0.25, 0.3) is 0 Å². The molecule has 1 aromatic heterocycles. The molecule has 2 N–H and O–H groups in total. The van der Waals surface area contributed by atoms with Crippen molar-refractivity contribution in [2.24, 2.45) is 0 Å². The number of hydrogen-bond acceptors (Lipinski definition) is 3. The molecule has 0 aliphatic heterocycles. The Morgan fingerprint density at radius 1 is 1.44 bits per heavy atom. The molecule has 0 spiro atoms. The molecule has 0 bridgehead atoms. The van der Waals surface area contributed by atoms with Crippen molar-refractivity contribution in [2.45, 2.75) is 20.3 Å². The van der Waals surface area contributed by atoms with E-state index in [4.69, 9.17) is 21.9 Å². The van der Waals surface area contributed by atoms with Crippen LogP contribution in [0, 0.1) is 6.92 Å². The highest BCUT2D eigenvalue weighted by Gasteiger charge is 2.16. The fourth-order valence-electron chi connectivity index (χ4n) is 1.74. The van der Waals surface area contributed by atoms with E-state index >= 15 is 0 Å². The average molecular weight is 237 g/mol. The fourth-order valence-corrected chi connectivity index (χ4v) is 1.91. The van der Waals surface area contributed by atoms with E-state index in [1.165, 1.54) is 0 Å². The number of halogens is 1. The van der Waals surface area contributed by atoms with Crippen molar-refractivity contribution >= 4 is 17.5 Å². The minimum absolute atomic E-state index is 0.386. The van der Waals surface area contributed by atoms with Gasteiger partial charge in [0.05, 0.1) is 0 Å². The molecule has 84 valence electrons. The predicted octanol–water partition coefficient (Wildman–Crippen LogP) is 3.45. The summed E-state index contributed by atoms with van der Waals surface area (Å²) < 4.78 is 5.02. The first-order chi connectivity index (χ1) is 7.65. The fraction of sp³-hybridized carbons (Fsp3) is 0.250. The molecule has 0 saturated heterocycles. The zero-order chi connectivity index (χ0) is 11.7. The van der Waals surface area contributed by atoms with Gasteiger partial charge in [0.2, 0.25) is 5.88 Å². The first kappa shape index (κ1) is 11.0. The lowest BCUT2D eigenvalue weighted by Crippen LogP contribution is -1.91. The Morgan fingerprint density at radius 2 is 2.19 bits per heavy atom. The van der Waals surface area contributed by atoms with E-state index in [9.17, 15) is 0 Å². The maximum Gasteiger partial charge on any atom is 0.225 e. The molecule has 0 saturated carbocycles. The number of anilines is 1. The molecular weight excluding hydrogens is 224 g/mol. The van der Waals surface area contributed by atoms with Gasteiger partial charge in [-0.05, 0) is 25.0 Å². The van der Waals surface area contributed by atoms with Gasteiger partial charge in [0, 0.05) is 16.1 Å². The zero-order valence-electron chi connectivity index (χ0n) is 9.25. The number of nitrogens with zero attached hydrogens (tertiary/aromatic N) is 1. The van der Waals surface area contributed by atoms with Crippen LogP contribution in [0.1, 0.15) is 18.1 Å². The Hall–Kier alpha value is -1.48. The number of benzene rings is 1. The van der Waals surface area contributed by atoms with Crippen LogP contribution in [0.4, 0.5) is 5.88 Å². The molecule has 3 nitrogen and oxygen atoms in total. The second-order valence-corrected chi connectivity index (χ2v) is 4.05.